The highest BCUT2D eigenvalue weighted by atomic mass is 16.5. The van der Waals surface area contributed by atoms with E-state index in [9.17, 15) is 4.79 Å². The van der Waals surface area contributed by atoms with Crippen molar-refractivity contribution in [2.24, 2.45) is 11.5 Å². The lowest BCUT2D eigenvalue weighted by atomic mass is 10.1. The van der Waals surface area contributed by atoms with Crippen molar-refractivity contribution in [2.75, 3.05) is 13.7 Å². The predicted octanol–water partition coefficient (Wildman–Crippen LogP) is 1.30. The van der Waals surface area contributed by atoms with Crippen LogP contribution in [0.4, 0.5) is 10.5 Å². The van der Waals surface area contributed by atoms with Crippen molar-refractivity contribution in [1.82, 2.24) is 4.48 Å². The van der Waals surface area contributed by atoms with Gasteiger partial charge >= 0.3 is 12.0 Å². The molecule has 0 spiro atoms. The number of nitrogens with one attached hydrogen (secondary N) is 1. The number of methoxy groups -OCH3 is 1. The van der Waals surface area contributed by atoms with Gasteiger partial charge in [-0.15, -0.1) is 4.48 Å². The van der Waals surface area contributed by atoms with E-state index in [0.717, 1.165) is 5.56 Å². The van der Waals surface area contributed by atoms with E-state index >= 15 is 0 Å². The molecule has 0 fully saturated rings. The number of hydrogen-bond acceptors (Lipinski definition) is 3. The quantitative estimate of drug-likeness (QED) is 0.428. The van der Waals surface area contributed by atoms with E-state index in [-0.39, 0.29) is 12.5 Å². The third-order valence-electron chi connectivity index (χ3n) is 3.06. The Hall–Kier alpha value is -2.08. The molecule has 2 amide bonds. The normalized spacial score (nSPS) is 13.7. The minimum Gasteiger partial charge on any atom is -0.491 e. The standard InChI is InChI=1S/C12H18N4O2/c1-4-16(11(13)14,12(15)17)10-8(2)6-5-7-9(10)18-3/h5-7H,4H2,1-3H3,(H4-,13,14,15,17)/p+1. The van der Waals surface area contributed by atoms with Gasteiger partial charge in [0, 0.05) is 5.56 Å². The number of amides is 2. The predicted molar refractivity (Wildman–Crippen MR) is 71.6 cm³/mol. The van der Waals surface area contributed by atoms with Crippen molar-refractivity contribution in [3.63, 3.8) is 0 Å². The number of guanidine groups is 1. The van der Waals surface area contributed by atoms with Crippen LogP contribution in [0.1, 0.15) is 12.5 Å². The van der Waals surface area contributed by atoms with E-state index in [4.69, 9.17) is 21.6 Å². The van der Waals surface area contributed by atoms with Crippen molar-refractivity contribution < 1.29 is 9.53 Å². The van der Waals surface area contributed by atoms with Crippen LogP contribution in [0.5, 0.6) is 5.75 Å². The molecule has 0 aliphatic heterocycles. The number of carbonyl (C=O) groups excluding carboxylic acids is 1. The van der Waals surface area contributed by atoms with Crippen molar-refractivity contribution in [2.45, 2.75) is 13.8 Å². The van der Waals surface area contributed by atoms with Gasteiger partial charge in [0.15, 0.2) is 11.4 Å². The average molecular weight is 251 g/mol. The fourth-order valence-corrected chi connectivity index (χ4v) is 2.12. The van der Waals surface area contributed by atoms with Crippen LogP contribution in [0.15, 0.2) is 18.2 Å². The lowest BCUT2D eigenvalue weighted by Gasteiger charge is -2.31. The summed E-state index contributed by atoms with van der Waals surface area (Å²) in [4.78, 5) is 11.8. The molecule has 98 valence electrons. The first kappa shape index (κ1) is 14.0. The number of benzene rings is 1. The SMILES string of the molecule is CC[N+](C(=N)N)(C(N)=O)c1c(C)cccc1OC. The van der Waals surface area contributed by atoms with Crippen molar-refractivity contribution >= 4 is 17.7 Å². The van der Waals surface area contributed by atoms with Crippen LogP contribution in [-0.2, 0) is 0 Å². The number of nitrogens with two attached hydrogens (primary N) is 2. The van der Waals surface area contributed by atoms with Crippen LogP contribution in [-0.4, -0.2) is 25.6 Å². The number of rotatable bonds is 3. The van der Waals surface area contributed by atoms with Gasteiger partial charge in [-0.05, 0) is 19.9 Å². The summed E-state index contributed by atoms with van der Waals surface area (Å²) >= 11 is 0. The molecular formula is C12H19N4O2+. The van der Waals surface area contributed by atoms with E-state index in [0.29, 0.717) is 11.4 Å². The van der Waals surface area contributed by atoms with Crippen LogP contribution >= 0.6 is 0 Å². The number of nitrogens with zero attached hydrogens (tertiary/aromatic N) is 1. The summed E-state index contributed by atoms with van der Waals surface area (Å²) in [6.07, 6.45) is 0. The second-order valence-electron chi connectivity index (χ2n) is 3.98. The van der Waals surface area contributed by atoms with Crippen LogP contribution in [0.25, 0.3) is 0 Å². The molecule has 1 rings (SSSR count). The number of carbonyl (C=O) groups is 1. The van der Waals surface area contributed by atoms with Gasteiger partial charge in [-0.2, -0.15) is 0 Å². The van der Waals surface area contributed by atoms with Gasteiger partial charge in [-0.3, -0.25) is 0 Å². The number of aryl methyl sites for hydroxylation is 1. The number of ether oxygens (including phenoxy) is 1. The van der Waals surface area contributed by atoms with Gasteiger partial charge in [-0.1, -0.05) is 12.1 Å². The Bertz CT molecular complexity index is 471. The Balaban J connectivity index is 3.67. The van der Waals surface area contributed by atoms with Gasteiger partial charge in [-0.25, -0.2) is 10.2 Å². The van der Waals surface area contributed by atoms with Crippen molar-refractivity contribution in [3.05, 3.63) is 23.8 Å². The number of para-hydroxylation sites is 1. The molecule has 1 unspecified atom stereocenters. The van der Waals surface area contributed by atoms with Crippen LogP contribution in [0.2, 0.25) is 0 Å². The molecule has 6 nitrogen and oxygen atoms in total. The van der Waals surface area contributed by atoms with E-state index in [1.165, 1.54) is 7.11 Å². The Morgan fingerprint density at radius 1 is 1.44 bits per heavy atom. The molecule has 0 aliphatic rings. The van der Waals surface area contributed by atoms with Gasteiger partial charge < -0.3 is 16.2 Å². The minimum atomic E-state index is -0.697. The van der Waals surface area contributed by atoms with Gasteiger partial charge in [0.25, 0.3) is 0 Å². The summed E-state index contributed by atoms with van der Waals surface area (Å²) in [6.45, 7) is 3.83. The fraction of sp³-hybridized carbons (Fsp3) is 0.333. The first-order valence-electron chi connectivity index (χ1n) is 5.58. The fourth-order valence-electron chi connectivity index (χ4n) is 2.12. The van der Waals surface area contributed by atoms with Crippen molar-refractivity contribution in [1.29, 1.82) is 5.41 Å². The maximum absolute atomic E-state index is 11.8. The first-order chi connectivity index (χ1) is 8.41. The van der Waals surface area contributed by atoms with Gasteiger partial charge in [0.1, 0.15) is 0 Å². The topological polar surface area (TPSA) is 102 Å². The highest BCUT2D eigenvalue weighted by Gasteiger charge is 2.44. The van der Waals surface area contributed by atoms with E-state index in [1.807, 2.05) is 19.1 Å². The molecule has 0 saturated heterocycles. The number of quaternary nitrogens is 1. The summed E-state index contributed by atoms with van der Waals surface area (Å²) < 4.78 is 4.73. The zero-order valence-electron chi connectivity index (χ0n) is 10.9. The molecule has 0 heterocycles. The summed E-state index contributed by atoms with van der Waals surface area (Å²) in [7, 11) is 1.50. The molecule has 5 N–H and O–H groups in total. The zero-order chi connectivity index (χ0) is 13.9. The maximum Gasteiger partial charge on any atom is 0.426 e. The third kappa shape index (κ3) is 1.91. The molecule has 0 aromatic heterocycles. The van der Waals surface area contributed by atoms with E-state index in [2.05, 4.69) is 0 Å². The Morgan fingerprint density at radius 3 is 2.44 bits per heavy atom. The molecular weight excluding hydrogens is 232 g/mol. The smallest absolute Gasteiger partial charge is 0.426 e. The van der Waals surface area contributed by atoms with Crippen LogP contribution in [0, 0.1) is 12.3 Å². The summed E-state index contributed by atoms with van der Waals surface area (Å²) in [5, 5.41) is 7.73. The number of primary amides is 1. The monoisotopic (exact) mass is 251 g/mol. The molecule has 0 saturated carbocycles. The summed E-state index contributed by atoms with van der Waals surface area (Å²) in [5.74, 6) is 0.170. The first-order valence-corrected chi connectivity index (χ1v) is 5.58. The maximum atomic E-state index is 11.8. The molecule has 18 heavy (non-hydrogen) atoms. The van der Waals surface area contributed by atoms with E-state index < -0.39 is 10.5 Å². The lowest BCUT2D eigenvalue weighted by molar-refractivity contribution is 0.229. The molecule has 6 heteroatoms. The Morgan fingerprint density at radius 2 is 2.06 bits per heavy atom. The Kier molecular flexibility index (Phi) is 3.93. The molecule has 1 atom stereocenters. The molecule has 0 bridgehead atoms. The highest BCUT2D eigenvalue weighted by Crippen LogP contribution is 2.36. The number of hydrogen-bond donors (Lipinski definition) is 3. The minimum absolute atomic E-state index is 0.256. The van der Waals surface area contributed by atoms with Crippen LogP contribution < -0.4 is 20.7 Å². The molecule has 0 radical (unpaired) electrons. The second kappa shape index (κ2) is 5.05. The molecule has 1 aromatic carbocycles. The van der Waals surface area contributed by atoms with Gasteiger partial charge in [0.2, 0.25) is 0 Å². The molecule has 1 aromatic rings. The summed E-state index contributed by atoms with van der Waals surface area (Å²) in [5.41, 5.74) is 12.4. The average Bonchev–Trinajstić information content (AvgIpc) is 2.31. The Labute approximate surface area is 106 Å². The lowest BCUT2D eigenvalue weighted by Crippen LogP contribution is -2.64. The van der Waals surface area contributed by atoms with Crippen LogP contribution in [0.3, 0.4) is 0 Å². The van der Waals surface area contributed by atoms with Crippen molar-refractivity contribution in [3.8, 4) is 5.75 Å². The number of urea groups is 1. The molecule has 0 aliphatic carbocycles. The highest BCUT2D eigenvalue weighted by molar-refractivity contribution is 6.08. The third-order valence-corrected chi connectivity index (χ3v) is 3.06. The van der Waals surface area contributed by atoms with Gasteiger partial charge in [0.05, 0.1) is 13.7 Å². The largest absolute Gasteiger partial charge is 0.491 e. The summed E-state index contributed by atoms with van der Waals surface area (Å²) in [6, 6.07) is 4.66. The van der Waals surface area contributed by atoms with E-state index in [1.54, 1.807) is 13.0 Å². The second-order valence-corrected chi connectivity index (χ2v) is 3.98. The zero-order valence-corrected chi connectivity index (χ0v) is 10.9.